The molecule has 0 atom stereocenters. The summed E-state index contributed by atoms with van der Waals surface area (Å²) in [6.45, 7) is 0. The van der Waals surface area contributed by atoms with Crippen molar-refractivity contribution in [3.8, 4) is 44.5 Å². The van der Waals surface area contributed by atoms with Gasteiger partial charge in [0.25, 0.3) is 0 Å². The number of rotatable bonds is 4. The van der Waals surface area contributed by atoms with E-state index in [2.05, 4.69) is 150 Å². The molecule has 0 amide bonds. The second-order valence-corrected chi connectivity index (χ2v) is 12.0. The lowest BCUT2D eigenvalue weighted by atomic mass is 9.97. The molecule has 7 rings (SSSR count). The zero-order chi connectivity index (χ0) is 26.2. The second-order valence-electron chi connectivity index (χ2n) is 9.73. The first kappa shape index (κ1) is 24.4. The van der Waals surface area contributed by atoms with Gasteiger partial charge in [-0.25, -0.2) is 0 Å². The predicted octanol–water partition coefficient (Wildman–Crippen LogP) is 10.6. The molecule has 3 heteroatoms. The summed E-state index contributed by atoms with van der Waals surface area (Å²) in [5.41, 5.74) is 12.0. The normalized spacial score (nSPS) is 12.4. The summed E-state index contributed by atoms with van der Waals surface area (Å²) in [5, 5.41) is 1.15. The van der Waals surface area contributed by atoms with Gasteiger partial charge in [-0.1, -0.05) is 103 Å². The third-order valence-corrected chi connectivity index (χ3v) is 9.10. The van der Waals surface area contributed by atoms with Gasteiger partial charge in [0.05, 0.1) is 5.52 Å². The van der Waals surface area contributed by atoms with E-state index in [1.54, 1.807) is 0 Å². The first-order chi connectivity index (χ1) is 19.2. The van der Waals surface area contributed by atoms with E-state index in [1.807, 2.05) is 18.0 Å². The van der Waals surface area contributed by atoms with Gasteiger partial charge in [0.15, 0.2) is 0 Å². The van der Waals surface area contributed by atoms with Crippen molar-refractivity contribution in [3.05, 3.63) is 137 Å². The Labute approximate surface area is 246 Å². The SMILES string of the molecule is Ic1ccc(-c2ccc(-c3ccc4cc(-c5ccc(-c6cccc7c6SCC=C7)cc5)cnc4c3)cc2)cc1. The lowest BCUT2D eigenvalue weighted by Crippen LogP contribution is -1.91. The van der Waals surface area contributed by atoms with E-state index in [9.17, 15) is 0 Å². The second kappa shape index (κ2) is 10.5. The largest absolute Gasteiger partial charge is 0.256 e. The molecule has 0 N–H and O–H groups in total. The number of hydrogen-bond donors (Lipinski definition) is 0. The first-order valence-corrected chi connectivity index (χ1v) is 15.1. The van der Waals surface area contributed by atoms with E-state index >= 15 is 0 Å². The molecule has 2 heterocycles. The van der Waals surface area contributed by atoms with Gasteiger partial charge in [0.2, 0.25) is 0 Å². The van der Waals surface area contributed by atoms with Crippen molar-refractivity contribution in [1.82, 2.24) is 4.98 Å². The molecule has 186 valence electrons. The number of aromatic nitrogens is 1. The number of fused-ring (bicyclic) bond motifs is 2. The fraction of sp³-hybridized carbons (Fsp3) is 0.0278. The molecule has 0 saturated carbocycles. The third-order valence-electron chi connectivity index (χ3n) is 7.28. The Morgan fingerprint density at radius 3 is 1.95 bits per heavy atom. The van der Waals surface area contributed by atoms with Gasteiger partial charge in [-0.2, -0.15) is 0 Å². The van der Waals surface area contributed by atoms with Crippen molar-refractivity contribution >= 4 is 51.3 Å². The van der Waals surface area contributed by atoms with E-state index in [-0.39, 0.29) is 0 Å². The Bertz CT molecular complexity index is 1840. The van der Waals surface area contributed by atoms with Crippen LogP contribution >= 0.6 is 34.4 Å². The molecule has 0 aliphatic carbocycles. The van der Waals surface area contributed by atoms with Crippen LogP contribution in [0.15, 0.2) is 132 Å². The number of halogens is 1. The zero-order valence-electron chi connectivity index (χ0n) is 21.1. The maximum atomic E-state index is 4.84. The molecule has 0 spiro atoms. The minimum atomic E-state index is 1.01. The van der Waals surface area contributed by atoms with E-state index in [4.69, 9.17) is 4.98 Å². The molecule has 0 saturated heterocycles. The Balaban J connectivity index is 1.14. The number of pyridine rings is 1. The average Bonchev–Trinajstić information content (AvgIpc) is 3.01. The van der Waals surface area contributed by atoms with Gasteiger partial charge in [-0.15, -0.1) is 11.8 Å². The van der Waals surface area contributed by atoms with Crippen LogP contribution < -0.4 is 0 Å². The van der Waals surface area contributed by atoms with Gasteiger partial charge in [0, 0.05) is 31.4 Å². The molecule has 6 aromatic rings. The number of thioether (sulfide) groups is 1. The van der Waals surface area contributed by atoms with Crippen molar-refractivity contribution in [2.75, 3.05) is 5.75 Å². The van der Waals surface area contributed by atoms with Crippen LogP contribution in [0.1, 0.15) is 5.56 Å². The highest BCUT2D eigenvalue weighted by molar-refractivity contribution is 14.1. The predicted molar refractivity (Wildman–Crippen MR) is 176 cm³/mol. The van der Waals surface area contributed by atoms with E-state index < -0.39 is 0 Å². The minimum absolute atomic E-state index is 1.01. The molecular formula is C36H24INS. The number of nitrogens with zero attached hydrogens (tertiary/aromatic N) is 1. The summed E-state index contributed by atoms with van der Waals surface area (Å²) in [5.74, 6) is 1.03. The fourth-order valence-electron chi connectivity index (χ4n) is 5.18. The van der Waals surface area contributed by atoms with Crippen LogP contribution in [0.2, 0.25) is 0 Å². The summed E-state index contributed by atoms with van der Waals surface area (Å²) in [6, 6.07) is 41.7. The smallest absolute Gasteiger partial charge is 0.0708 e. The topological polar surface area (TPSA) is 12.9 Å². The number of hydrogen-bond acceptors (Lipinski definition) is 2. The first-order valence-electron chi connectivity index (χ1n) is 13.0. The van der Waals surface area contributed by atoms with Gasteiger partial charge in [-0.05, 0) is 91.4 Å². The molecule has 0 fully saturated rings. The van der Waals surface area contributed by atoms with Crippen LogP contribution in [-0.2, 0) is 0 Å². The van der Waals surface area contributed by atoms with Crippen molar-refractivity contribution < 1.29 is 0 Å². The van der Waals surface area contributed by atoms with Crippen molar-refractivity contribution in [1.29, 1.82) is 0 Å². The zero-order valence-corrected chi connectivity index (χ0v) is 24.1. The standard InChI is InChI=1S/C36H24INS/c37-33-18-16-25(17-19-33)24-6-8-26(9-7-24)30-14-15-31-21-32(23-38-35(31)22-30)27-10-12-28(13-11-27)34-5-1-3-29-4-2-20-39-36(29)34/h1-19,21-23H,20H2. The van der Waals surface area contributed by atoms with Gasteiger partial charge in [0.1, 0.15) is 0 Å². The highest BCUT2D eigenvalue weighted by Crippen LogP contribution is 2.38. The van der Waals surface area contributed by atoms with E-state index in [0.717, 1.165) is 22.2 Å². The quantitative estimate of drug-likeness (QED) is 0.180. The Morgan fingerprint density at radius 2 is 1.21 bits per heavy atom. The van der Waals surface area contributed by atoms with E-state index in [0.29, 0.717) is 0 Å². The van der Waals surface area contributed by atoms with Crippen LogP contribution in [0.25, 0.3) is 61.5 Å². The summed E-state index contributed by atoms with van der Waals surface area (Å²) in [6.07, 6.45) is 6.46. The maximum Gasteiger partial charge on any atom is 0.0708 e. The molecular weight excluding hydrogens is 605 g/mol. The Kier molecular flexibility index (Phi) is 6.55. The molecule has 0 unspecified atom stereocenters. The van der Waals surface area contributed by atoms with Gasteiger partial charge < -0.3 is 0 Å². The molecule has 0 radical (unpaired) electrons. The van der Waals surface area contributed by atoms with Crippen LogP contribution in [0.3, 0.4) is 0 Å². The lowest BCUT2D eigenvalue weighted by molar-refractivity contribution is 1.39. The summed E-state index contributed by atoms with van der Waals surface area (Å²) in [4.78, 5) is 6.22. The Morgan fingerprint density at radius 1 is 0.590 bits per heavy atom. The van der Waals surface area contributed by atoms with Crippen LogP contribution in [0.4, 0.5) is 0 Å². The molecule has 1 aliphatic heterocycles. The van der Waals surface area contributed by atoms with Crippen LogP contribution in [0.5, 0.6) is 0 Å². The third kappa shape index (κ3) is 4.93. The fourth-order valence-corrected chi connectivity index (χ4v) is 6.54. The number of benzene rings is 5. The van der Waals surface area contributed by atoms with Gasteiger partial charge in [-0.3, -0.25) is 4.98 Å². The molecule has 1 aromatic heterocycles. The molecule has 5 aromatic carbocycles. The molecule has 1 aliphatic rings. The Hall–Kier alpha value is -3.67. The van der Waals surface area contributed by atoms with Crippen molar-refractivity contribution in [2.45, 2.75) is 4.90 Å². The summed E-state index contributed by atoms with van der Waals surface area (Å²) < 4.78 is 1.25. The minimum Gasteiger partial charge on any atom is -0.256 e. The highest BCUT2D eigenvalue weighted by atomic mass is 127. The summed E-state index contributed by atoms with van der Waals surface area (Å²) in [7, 11) is 0. The summed E-state index contributed by atoms with van der Waals surface area (Å²) >= 11 is 4.26. The molecule has 1 nitrogen and oxygen atoms in total. The van der Waals surface area contributed by atoms with Crippen molar-refractivity contribution in [3.63, 3.8) is 0 Å². The average molecular weight is 630 g/mol. The van der Waals surface area contributed by atoms with E-state index in [1.165, 1.54) is 53.0 Å². The molecule has 0 bridgehead atoms. The van der Waals surface area contributed by atoms with Crippen LogP contribution in [0, 0.1) is 3.57 Å². The van der Waals surface area contributed by atoms with Gasteiger partial charge >= 0.3 is 0 Å². The van der Waals surface area contributed by atoms with Crippen molar-refractivity contribution in [2.24, 2.45) is 0 Å². The molecule has 39 heavy (non-hydrogen) atoms. The lowest BCUT2D eigenvalue weighted by Gasteiger charge is -2.15. The highest BCUT2D eigenvalue weighted by Gasteiger charge is 2.12. The monoisotopic (exact) mass is 629 g/mol. The van der Waals surface area contributed by atoms with Crippen LogP contribution in [-0.4, -0.2) is 10.7 Å². The maximum absolute atomic E-state index is 4.84.